The molecule has 3 unspecified atom stereocenters. The van der Waals surface area contributed by atoms with Crippen LogP contribution in [0.2, 0.25) is 0 Å². The number of hydrogen-bond acceptors (Lipinski definition) is 2. The second-order valence-corrected chi connectivity index (χ2v) is 9.07. The molecule has 0 bridgehead atoms. The van der Waals surface area contributed by atoms with Gasteiger partial charge in [-0.3, -0.25) is 4.79 Å². The summed E-state index contributed by atoms with van der Waals surface area (Å²) in [5, 5.41) is 10.5. The highest BCUT2D eigenvalue weighted by atomic mass is 16.3. The van der Waals surface area contributed by atoms with E-state index in [9.17, 15) is 9.90 Å². The number of carbonyl (C=O) groups is 1. The number of hydrogen-bond donors (Lipinski definition) is 1. The molecule has 3 fully saturated rings. The van der Waals surface area contributed by atoms with Crippen molar-refractivity contribution < 1.29 is 9.90 Å². The van der Waals surface area contributed by atoms with Crippen LogP contribution < -0.4 is 0 Å². The van der Waals surface area contributed by atoms with Crippen molar-refractivity contribution >= 4 is 5.78 Å². The lowest BCUT2D eigenvalue weighted by Crippen LogP contribution is -2.54. The molecule has 2 nitrogen and oxygen atoms in total. The molecule has 4 aliphatic rings. The van der Waals surface area contributed by atoms with E-state index in [0.29, 0.717) is 17.6 Å². The van der Waals surface area contributed by atoms with Crippen molar-refractivity contribution in [2.45, 2.75) is 71.8 Å². The molecule has 0 spiro atoms. The molecular weight excluding hydrogens is 272 g/mol. The zero-order valence-corrected chi connectivity index (χ0v) is 14.3. The lowest BCUT2D eigenvalue weighted by Gasteiger charge is -2.60. The van der Waals surface area contributed by atoms with Crippen LogP contribution in [0.1, 0.15) is 65.7 Å². The predicted molar refractivity (Wildman–Crippen MR) is 87.3 cm³/mol. The Morgan fingerprint density at radius 3 is 2.64 bits per heavy atom. The first-order valence-electron chi connectivity index (χ1n) is 9.27. The highest BCUT2D eigenvalue weighted by Gasteiger charge is 2.60. The summed E-state index contributed by atoms with van der Waals surface area (Å²) in [6, 6.07) is 0. The Morgan fingerprint density at radius 2 is 1.86 bits per heavy atom. The van der Waals surface area contributed by atoms with Gasteiger partial charge in [-0.1, -0.05) is 19.4 Å². The van der Waals surface area contributed by atoms with Crippen LogP contribution in [0.3, 0.4) is 0 Å². The van der Waals surface area contributed by atoms with Crippen LogP contribution >= 0.6 is 0 Å². The van der Waals surface area contributed by atoms with Crippen LogP contribution in [0.15, 0.2) is 11.6 Å². The van der Waals surface area contributed by atoms with Crippen molar-refractivity contribution in [3.05, 3.63) is 11.6 Å². The standard InChI is InChI=1S/C20H30O2/c1-12-10-14(21)11-13-4-5-15-16-6-7-18(22)19(16,2)9-8-17(15)20(12,13)3/h10,13,15-18,22H,4-9,11H2,1-3H3/t13-,15?,16?,17?,18-,19-,20-/m0/s1. The van der Waals surface area contributed by atoms with E-state index in [1.54, 1.807) is 0 Å². The first-order valence-corrected chi connectivity index (χ1v) is 9.27. The monoisotopic (exact) mass is 302 g/mol. The molecule has 0 aromatic carbocycles. The van der Waals surface area contributed by atoms with E-state index in [2.05, 4.69) is 20.8 Å². The van der Waals surface area contributed by atoms with Crippen molar-refractivity contribution in [2.24, 2.45) is 34.5 Å². The number of aliphatic hydroxyl groups is 1. The molecule has 0 heterocycles. The number of ketones is 1. The van der Waals surface area contributed by atoms with Gasteiger partial charge < -0.3 is 5.11 Å². The molecule has 0 aromatic heterocycles. The van der Waals surface area contributed by atoms with Crippen LogP contribution in [-0.2, 0) is 4.79 Å². The smallest absolute Gasteiger partial charge is 0.155 e. The van der Waals surface area contributed by atoms with Gasteiger partial charge in [0.15, 0.2) is 5.78 Å². The molecule has 0 aliphatic heterocycles. The summed E-state index contributed by atoms with van der Waals surface area (Å²) in [5.41, 5.74) is 1.73. The van der Waals surface area contributed by atoms with Crippen LogP contribution in [0.4, 0.5) is 0 Å². The highest BCUT2D eigenvalue weighted by Crippen LogP contribution is 2.66. The quantitative estimate of drug-likeness (QED) is 0.730. The molecule has 22 heavy (non-hydrogen) atoms. The Labute approximate surface area is 134 Å². The molecule has 1 N–H and O–H groups in total. The van der Waals surface area contributed by atoms with Gasteiger partial charge in [-0.2, -0.15) is 0 Å². The number of rotatable bonds is 0. The lowest BCUT2D eigenvalue weighted by molar-refractivity contribution is -0.125. The third kappa shape index (κ3) is 1.74. The largest absolute Gasteiger partial charge is 0.393 e. The SMILES string of the molecule is CC1=CC(=O)C[C@@H]2CCC3C4CC[C@H](O)[C@@]4(C)CCC3[C@@]12C. The van der Waals surface area contributed by atoms with E-state index in [1.165, 1.54) is 37.7 Å². The van der Waals surface area contributed by atoms with Crippen LogP contribution in [0.25, 0.3) is 0 Å². The Kier molecular flexibility index (Phi) is 3.18. The number of carbonyl (C=O) groups excluding carboxylic acids is 1. The zero-order chi connectivity index (χ0) is 15.7. The predicted octanol–water partition coefficient (Wildman–Crippen LogP) is 4.13. The average molecular weight is 302 g/mol. The van der Waals surface area contributed by atoms with E-state index in [1.807, 2.05) is 6.08 Å². The zero-order valence-electron chi connectivity index (χ0n) is 14.3. The van der Waals surface area contributed by atoms with Gasteiger partial charge in [-0.25, -0.2) is 0 Å². The minimum absolute atomic E-state index is 0.0893. The van der Waals surface area contributed by atoms with Gasteiger partial charge >= 0.3 is 0 Å². The second-order valence-electron chi connectivity index (χ2n) is 9.07. The van der Waals surface area contributed by atoms with Crippen LogP contribution in [-0.4, -0.2) is 17.0 Å². The third-order valence-corrected chi connectivity index (χ3v) is 8.53. The summed E-state index contributed by atoms with van der Waals surface area (Å²) < 4.78 is 0. The normalized spacial score (nSPS) is 54.3. The van der Waals surface area contributed by atoms with Gasteiger partial charge in [0.1, 0.15) is 0 Å². The summed E-state index contributed by atoms with van der Waals surface area (Å²) in [5.74, 6) is 3.08. The third-order valence-electron chi connectivity index (χ3n) is 8.53. The van der Waals surface area contributed by atoms with E-state index < -0.39 is 0 Å². The van der Waals surface area contributed by atoms with E-state index in [-0.39, 0.29) is 16.9 Å². The molecule has 0 saturated heterocycles. The Bertz CT molecular complexity index is 536. The van der Waals surface area contributed by atoms with Crippen molar-refractivity contribution in [1.29, 1.82) is 0 Å². The maximum absolute atomic E-state index is 12.0. The van der Waals surface area contributed by atoms with Crippen molar-refractivity contribution in [3.63, 3.8) is 0 Å². The van der Waals surface area contributed by atoms with Gasteiger partial charge in [0.25, 0.3) is 0 Å². The van der Waals surface area contributed by atoms with Gasteiger partial charge in [0, 0.05) is 6.42 Å². The molecule has 3 saturated carbocycles. The molecular formula is C20H30O2. The topological polar surface area (TPSA) is 37.3 Å². The molecule has 0 amide bonds. The van der Waals surface area contributed by atoms with Crippen LogP contribution in [0, 0.1) is 34.5 Å². The highest BCUT2D eigenvalue weighted by molar-refractivity contribution is 5.91. The summed E-state index contributed by atoms with van der Waals surface area (Å²) in [6.45, 7) is 6.98. The minimum Gasteiger partial charge on any atom is -0.393 e. The molecule has 7 atom stereocenters. The molecule has 4 aliphatic carbocycles. The molecule has 0 radical (unpaired) electrons. The lowest BCUT2D eigenvalue weighted by atomic mass is 9.45. The second kappa shape index (κ2) is 4.69. The maximum Gasteiger partial charge on any atom is 0.155 e. The average Bonchev–Trinajstić information content (AvgIpc) is 2.77. The number of fused-ring (bicyclic) bond motifs is 5. The van der Waals surface area contributed by atoms with Crippen molar-refractivity contribution in [3.8, 4) is 0 Å². The number of aliphatic hydroxyl groups excluding tert-OH is 1. The summed E-state index contributed by atoms with van der Waals surface area (Å²) in [7, 11) is 0. The number of allylic oxidation sites excluding steroid dienone is 2. The minimum atomic E-state index is -0.0893. The molecule has 4 rings (SSSR count). The molecule has 122 valence electrons. The van der Waals surface area contributed by atoms with Crippen molar-refractivity contribution in [2.75, 3.05) is 0 Å². The van der Waals surface area contributed by atoms with E-state index >= 15 is 0 Å². The maximum atomic E-state index is 12.0. The summed E-state index contributed by atoms with van der Waals surface area (Å²) in [6.07, 6.45) is 9.71. The first-order chi connectivity index (χ1) is 10.4. The summed E-state index contributed by atoms with van der Waals surface area (Å²) >= 11 is 0. The van der Waals surface area contributed by atoms with Crippen LogP contribution in [0.5, 0.6) is 0 Å². The van der Waals surface area contributed by atoms with Gasteiger partial charge in [0.05, 0.1) is 6.10 Å². The molecule has 2 heteroatoms. The van der Waals surface area contributed by atoms with Crippen molar-refractivity contribution in [1.82, 2.24) is 0 Å². The Hall–Kier alpha value is -0.630. The van der Waals surface area contributed by atoms with Gasteiger partial charge in [-0.05, 0) is 86.0 Å². The van der Waals surface area contributed by atoms with Gasteiger partial charge in [-0.15, -0.1) is 0 Å². The fourth-order valence-corrected chi connectivity index (χ4v) is 7.03. The van der Waals surface area contributed by atoms with Gasteiger partial charge in [0.2, 0.25) is 0 Å². The fourth-order valence-electron chi connectivity index (χ4n) is 7.03. The first kappa shape index (κ1) is 14.9. The summed E-state index contributed by atoms with van der Waals surface area (Å²) in [4.78, 5) is 12.0. The fraction of sp³-hybridized carbons (Fsp3) is 0.850. The Morgan fingerprint density at radius 1 is 1.09 bits per heavy atom. The molecule has 0 aromatic rings. The Balaban J connectivity index is 1.72. The van der Waals surface area contributed by atoms with E-state index in [4.69, 9.17) is 0 Å². The van der Waals surface area contributed by atoms with E-state index in [0.717, 1.165) is 24.7 Å².